The van der Waals surface area contributed by atoms with Crippen LogP contribution in [0.15, 0.2) is 59.9 Å². The molecule has 0 aliphatic carbocycles. The Morgan fingerprint density at radius 1 is 1.19 bits per heavy atom. The molecule has 3 rings (SSSR count). The number of rotatable bonds is 7. The summed E-state index contributed by atoms with van der Waals surface area (Å²) in [5.41, 5.74) is 2.03. The second-order valence-electron chi connectivity index (χ2n) is 6.39. The van der Waals surface area contributed by atoms with Crippen molar-refractivity contribution in [3.05, 3.63) is 76.7 Å². The van der Waals surface area contributed by atoms with Crippen molar-refractivity contribution in [2.75, 3.05) is 0 Å². The molecule has 0 aliphatic rings. The minimum Gasteiger partial charge on any atom is -0.344 e. The summed E-state index contributed by atoms with van der Waals surface area (Å²) in [7, 11) is 0. The fraction of sp³-hybridized carbons (Fsp3) is 0.300. The molecule has 1 amide bonds. The van der Waals surface area contributed by atoms with Gasteiger partial charge < -0.3 is 9.88 Å². The number of imidazole rings is 1. The highest BCUT2D eigenvalue weighted by atomic mass is 16.2. The van der Waals surface area contributed by atoms with Gasteiger partial charge in [0.15, 0.2) is 0 Å². The fourth-order valence-corrected chi connectivity index (χ4v) is 2.74. The van der Waals surface area contributed by atoms with Crippen molar-refractivity contribution in [1.82, 2.24) is 24.6 Å². The first-order valence-corrected chi connectivity index (χ1v) is 9.06. The number of aryl methyl sites for hydroxylation is 1. The molecule has 0 spiro atoms. The van der Waals surface area contributed by atoms with E-state index in [1.54, 1.807) is 12.5 Å². The minimum atomic E-state index is -0.300. The quantitative estimate of drug-likeness (QED) is 0.698. The third kappa shape index (κ3) is 4.49. The lowest BCUT2D eigenvalue weighted by atomic mass is 10.1. The summed E-state index contributed by atoms with van der Waals surface area (Å²) in [5, 5.41) is 7.12. The third-order valence-electron chi connectivity index (χ3n) is 4.37. The zero-order chi connectivity index (χ0) is 19.2. The maximum atomic E-state index is 12.5. The molecule has 3 aromatic rings. The number of nitrogens with one attached hydrogen (secondary N) is 1. The molecule has 0 radical (unpaired) electrons. The van der Waals surface area contributed by atoms with Gasteiger partial charge in [0.25, 0.3) is 11.5 Å². The molecule has 1 N–H and O–H groups in total. The predicted octanol–water partition coefficient (Wildman–Crippen LogP) is 2.72. The topological polar surface area (TPSA) is 81.8 Å². The smallest absolute Gasteiger partial charge is 0.272 e. The van der Waals surface area contributed by atoms with E-state index in [1.807, 2.05) is 48.9 Å². The highest BCUT2D eigenvalue weighted by Crippen LogP contribution is 2.16. The molecule has 2 heterocycles. The van der Waals surface area contributed by atoms with Crippen molar-refractivity contribution in [3.8, 4) is 5.69 Å². The third-order valence-corrected chi connectivity index (χ3v) is 4.37. The molecule has 140 valence electrons. The van der Waals surface area contributed by atoms with Crippen molar-refractivity contribution in [1.29, 1.82) is 0 Å². The van der Waals surface area contributed by atoms with E-state index < -0.39 is 0 Å². The van der Waals surface area contributed by atoms with Gasteiger partial charge in [-0.2, -0.15) is 5.10 Å². The summed E-state index contributed by atoms with van der Waals surface area (Å²) in [6, 6.07) is 10.6. The molecule has 1 aromatic carbocycles. The van der Waals surface area contributed by atoms with E-state index in [9.17, 15) is 9.59 Å². The van der Waals surface area contributed by atoms with Crippen molar-refractivity contribution in [2.45, 2.75) is 39.3 Å². The highest BCUT2D eigenvalue weighted by Gasteiger charge is 2.14. The molecule has 0 bridgehead atoms. The summed E-state index contributed by atoms with van der Waals surface area (Å²) in [5.74, 6) is -0.300. The van der Waals surface area contributed by atoms with Gasteiger partial charge in [-0.05, 0) is 37.1 Å². The van der Waals surface area contributed by atoms with E-state index in [1.165, 1.54) is 16.8 Å². The van der Waals surface area contributed by atoms with Crippen LogP contribution in [0.4, 0.5) is 0 Å². The van der Waals surface area contributed by atoms with Gasteiger partial charge in [0.1, 0.15) is 5.69 Å². The minimum absolute atomic E-state index is 0.188. The maximum absolute atomic E-state index is 12.5. The maximum Gasteiger partial charge on any atom is 0.272 e. The predicted molar refractivity (Wildman–Crippen MR) is 103 cm³/mol. The van der Waals surface area contributed by atoms with Crippen LogP contribution < -0.4 is 10.9 Å². The number of hydrogen-bond donors (Lipinski definition) is 1. The molecule has 7 heteroatoms. The Morgan fingerprint density at radius 2 is 1.96 bits per heavy atom. The largest absolute Gasteiger partial charge is 0.344 e. The van der Waals surface area contributed by atoms with Gasteiger partial charge >= 0.3 is 0 Å². The standard InChI is InChI=1S/C20H23N5O2/c1-3-4-12-25-19(26)10-9-18(23-25)20(27)22-15(2)16-5-7-17(8-6-16)24-13-11-21-14-24/h5-11,13-15H,3-4,12H2,1-2H3,(H,22,27). The van der Waals surface area contributed by atoms with E-state index in [-0.39, 0.29) is 23.2 Å². The van der Waals surface area contributed by atoms with Gasteiger partial charge in [0.05, 0.1) is 12.4 Å². The van der Waals surface area contributed by atoms with Crippen molar-refractivity contribution in [3.63, 3.8) is 0 Å². The van der Waals surface area contributed by atoms with E-state index in [2.05, 4.69) is 15.4 Å². The average Bonchev–Trinajstić information content (AvgIpc) is 3.22. The molecule has 1 unspecified atom stereocenters. The Balaban J connectivity index is 1.69. The normalized spacial score (nSPS) is 11.9. The molecular weight excluding hydrogens is 342 g/mol. The van der Waals surface area contributed by atoms with Gasteiger partial charge in [-0.15, -0.1) is 0 Å². The van der Waals surface area contributed by atoms with Gasteiger partial charge in [-0.1, -0.05) is 25.5 Å². The Morgan fingerprint density at radius 3 is 2.63 bits per heavy atom. The van der Waals surface area contributed by atoms with Crippen LogP contribution in [0.25, 0.3) is 5.69 Å². The molecule has 0 fully saturated rings. The monoisotopic (exact) mass is 365 g/mol. The van der Waals surface area contributed by atoms with Gasteiger partial charge in [-0.25, -0.2) is 9.67 Å². The first kappa shape index (κ1) is 18.6. The van der Waals surface area contributed by atoms with Gasteiger partial charge in [0, 0.05) is 30.7 Å². The summed E-state index contributed by atoms with van der Waals surface area (Å²) in [4.78, 5) is 28.4. The first-order chi connectivity index (χ1) is 13.1. The SMILES string of the molecule is CCCCn1nc(C(=O)NC(C)c2ccc(-n3ccnc3)cc2)ccc1=O. The van der Waals surface area contributed by atoms with Crippen molar-refractivity contribution >= 4 is 5.91 Å². The Bertz CT molecular complexity index is 945. The molecular formula is C20H23N5O2. The number of unbranched alkanes of at least 4 members (excludes halogenated alkanes) is 1. The van der Waals surface area contributed by atoms with E-state index in [0.717, 1.165) is 24.1 Å². The van der Waals surface area contributed by atoms with Crippen LogP contribution >= 0.6 is 0 Å². The molecule has 27 heavy (non-hydrogen) atoms. The van der Waals surface area contributed by atoms with Crippen LogP contribution in [0.1, 0.15) is 48.8 Å². The Labute approximate surface area is 157 Å². The lowest BCUT2D eigenvalue weighted by molar-refractivity contribution is 0.0932. The van der Waals surface area contributed by atoms with Gasteiger partial charge in [-0.3, -0.25) is 9.59 Å². The lowest BCUT2D eigenvalue weighted by Crippen LogP contribution is -2.31. The van der Waals surface area contributed by atoms with Crippen LogP contribution in [0, 0.1) is 0 Å². The van der Waals surface area contributed by atoms with Crippen LogP contribution in [0.5, 0.6) is 0 Å². The zero-order valence-corrected chi connectivity index (χ0v) is 15.5. The fourth-order valence-electron chi connectivity index (χ4n) is 2.74. The van der Waals surface area contributed by atoms with Crippen LogP contribution in [-0.4, -0.2) is 25.2 Å². The first-order valence-electron chi connectivity index (χ1n) is 9.06. The highest BCUT2D eigenvalue weighted by molar-refractivity contribution is 5.92. The number of carbonyl (C=O) groups is 1. The van der Waals surface area contributed by atoms with E-state index >= 15 is 0 Å². The van der Waals surface area contributed by atoms with Crippen molar-refractivity contribution in [2.24, 2.45) is 0 Å². The van der Waals surface area contributed by atoms with E-state index in [0.29, 0.717) is 6.54 Å². The number of benzene rings is 1. The number of nitrogens with zero attached hydrogens (tertiary/aromatic N) is 4. The molecule has 7 nitrogen and oxygen atoms in total. The second-order valence-corrected chi connectivity index (χ2v) is 6.39. The number of aromatic nitrogens is 4. The Hall–Kier alpha value is -3.22. The lowest BCUT2D eigenvalue weighted by Gasteiger charge is -2.15. The second kappa shape index (κ2) is 8.44. The zero-order valence-electron chi connectivity index (χ0n) is 15.5. The number of amides is 1. The van der Waals surface area contributed by atoms with E-state index in [4.69, 9.17) is 0 Å². The molecule has 0 saturated carbocycles. The average molecular weight is 365 g/mol. The van der Waals surface area contributed by atoms with Crippen LogP contribution in [-0.2, 0) is 6.54 Å². The summed E-state index contributed by atoms with van der Waals surface area (Å²) < 4.78 is 3.26. The molecule has 0 aliphatic heterocycles. The molecule has 2 aromatic heterocycles. The van der Waals surface area contributed by atoms with Crippen LogP contribution in [0.3, 0.4) is 0 Å². The molecule has 0 saturated heterocycles. The van der Waals surface area contributed by atoms with Gasteiger partial charge in [0.2, 0.25) is 0 Å². The van der Waals surface area contributed by atoms with Crippen LogP contribution in [0.2, 0.25) is 0 Å². The summed E-state index contributed by atoms with van der Waals surface area (Å²) in [6.07, 6.45) is 7.14. The summed E-state index contributed by atoms with van der Waals surface area (Å²) >= 11 is 0. The number of hydrogen-bond acceptors (Lipinski definition) is 4. The molecule has 1 atom stereocenters. The summed E-state index contributed by atoms with van der Waals surface area (Å²) in [6.45, 7) is 4.47. The van der Waals surface area contributed by atoms with Crippen molar-refractivity contribution < 1.29 is 4.79 Å². The number of carbonyl (C=O) groups excluding carboxylic acids is 1. The Kier molecular flexibility index (Phi) is 5.80.